The molecule has 1 heterocycles. The first-order valence-corrected chi connectivity index (χ1v) is 9.70. The highest BCUT2D eigenvalue weighted by atomic mass is 16.5. The predicted octanol–water partition coefficient (Wildman–Crippen LogP) is 3.59. The lowest BCUT2D eigenvalue weighted by molar-refractivity contribution is -0.181. The molecule has 2 saturated carbocycles. The highest BCUT2D eigenvalue weighted by Gasteiger charge is 2.51. The van der Waals surface area contributed by atoms with Gasteiger partial charge in [0.25, 0.3) is 0 Å². The number of carbonyl (C=O) groups is 1. The van der Waals surface area contributed by atoms with Crippen molar-refractivity contribution >= 4 is 5.97 Å². The van der Waals surface area contributed by atoms with E-state index >= 15 is 0 Å². The lowest BCUT2D eigenvalue weighted by Gasteiger charge is -2.50. The van der Waals surface area contributed by atoms with Gasteiger partial charge in [0.2, 0.25) is 0 Å². The van der Waals surface area contributed by atoms with Crippen LogP contribution in [0.2, 0.25) is 0 Å². The summed E-state index contributed by atoms with van der Waals surface area (Å²) in [5, 5.41) is 12.9. The van der Waals surface area contributed by atoms with Crippen LogP contribution in [-0.2, 0) is 9.53 Å². The first-order valence-electron chi connectivity index (χ1n) is 9.70. The number of rotatable bonds is 6. The van der Waals surface area contributed by atoms with Crippen molar-refractivity contribution in [2.24, 2.45) is 17.8 Å². The molecule has 1 atom stereocenters. The molecule has 23 heavy (non-hydrogen) atoms. The van der Waals surface area contributed by atoms with Crippen molar-refractivity contribution in [2.45, 2.75) is 82.8 Å². The maximum atomic E-state index is 11.0. The summed E-state index contributed by atoms with van der Waals surface area (Å²) < 4.78 is 5.94. The molecule has 1 unspecified atom stereocenters. The maximum absolute atomic E-state index is 11.0. The van der Waals surface area contributed by atoms with Gasteiger partial charge >= 0.3 is 5.97 Å². The van der Waals surface area contributed by atoms with Crippen molar-refractivity contribution in [1.29, 1.82) is 0 Å². The fraction of sp³-hybridized carbons (Fsp3) is 0.947. The fourth-order valence-electron chi connectivity index (χ4n) is 4.97. The van der Waals surface area contributed by atoms with E-state index in [1.165, 1.54) is 38.5 Å². The van der Waals surface area contributed by atoms with Crippen LogP contribution in [0.1, 0.15) is 71.1 Å². The smallest absolute Gasteiger partial charge is 0.306 e. The molecule has 3 rings (SSSR count). The van der Waals surface area contributed by atoms with Gasteiger partial charge in [0.05, 0.1) is 11.5 Å². The lowest BCUT2D eigenvalue weighted by atomic mass is 9.66. The van der Waals surface area contributed by atoms with Gasteiger partial charge in [-0.05, 0) is 56.9 Å². The van der Waals surface area contributed by atoms with E-state index in [4.69, 9.17) is 9.84 Å². The monoisotopic (exact) mass is 323 g/mol. The minimum absolute atomic E-state index is 0.127. The second-order valence-corrected chi connectivity index (χ2v) is 8.25. The maximum Gasteiger partial charge on any atom is 0.306 e. The number of carboxylic acids is 1. The zero-order chi connectivity index (χ0) is 16.3. The third kappa shape index (κ3) is 4.27. The number of hydrogen-bond acceptors (Lipinski definition) is 3. The first kappa shape index (κ1) is 17.2. The molecule has 4 nitrogen and oxygen atoms in total. The summed E-state index contributed by atoms with van der Waals surface area (Å²) in [5.41, 5.74) is -0.127. The van der Waals surface area contributed by atoms with Crippen LogP contribution in [-0.4, -0.2) is 35.9 Å². The van der Waals surface area contributed by atoms with Gasteiger partial charge in [0.1, 0.15) is 0 Å². The van der Waals surface area contributed by atoms with Crippen LogP contribution in [0.25, 0.3) is 0 Å². The van der Waals surface area contributed by atoms with Gasteiger partial charge in [-0.1, -0.05) is 32.6 Å². The summed E-state index contributed by atoms with van der Waals surface area (Å²) in [6.45, 7) is 4.22. The van der Waals surface area contributed by atoms with Gasteiger partial charge in [0, 0.05) is 12.6 Å². The van der Waals surface area contributed by atoms with Crippen LogP contribution in [0.3, 0.4) is 0 Å². The Kier molecular flexibility index (Phi) is 5.63. The molecule has 1 spiro atoms. The molecule has 1 saturated heterocycles. The van der Waals surface area contributed by atoms with E-state index in [0.717, 1.165) is 37.8 Å². The van der Waals surface area contributed by atoms with Crippen molar-refractivity contribution in [2.75, 3.05) is 13.2 Å². The number of hydrogen-bond donors (Lipinski definition) is 2. The minimum Gasteiger partial charge on any atom is -0.481 e. The summed E-state index contributed by atoms with van der Waals surface area (Å²) in [5.74, 6) is 0.987. The minimum atomic E-state index is -0.654. The van der Waals surface area contributed by atoms with Gasteiger partial charge in [-0.3, -0.25) is 4.79 Å². The largest absolute Gasteiger partial charge is 0.481 e. The lowest BCUT2D eigenvalue weighted by Crippen LogP contribution is -2.56. The molecule has 2 N–H and O–H groups in total. The highest BCUT2D eigenvalue weighted by Crippen LogP contribution is 2.46. The Morgan fingerprint density at radius 3 is 2.48 bits per heavy atom. The standard InChI is InChI=1S/C19H33NO3/c1-2-3-14-4-6-15(7-5-14)13-20-17-8-9-23-19(12-17)10-16(11-19)18(21)22/h14-17,20H,2-13H2,1H3,(H,21,22). The number of aliphatic carboxylic acids is 1. The molecule has 0 bridgehead atoms. The Hall–Kier alpha value is -0.610. The third-order valence-electron chi connectivity index (χ3n) is 6.44. The van der Waals surface area contributed by atoms with Crippen molar-refractivity contribution in [3.8, 4) is 0 Å². The molecule has 132 valence electrons. The summed E-state index contributed by atoms with van der Waals surface area (Å²) in [6.07, 6.45) is 11.8. The fourth-order valence-corrected chi connectivity index (χ4v) is 4.97. The van der Waals surface area contributed by atoms with Gasteiger partial charge in [-0.2, -0.15) is 0 Å². The van der Waals surface area contributed by atoms with Crippen LogP contribution in [0, 0.1) is 17.8 Å². The molecule has 4 heteroatoms. The summed E-state index contributed by atoms with van der Waals surface area (Å²) >= 11 is 0. The second kappa shape index (κ2) is 7.52. The Bertz CT molecular complexity index is 397. The Balaban J connectivity index is 1.37. The molecule has 3 fully saturated rings. The van der Waals surface area contributed by atoms with E-state index in [0.29, 0.717) is 18.9 Å². The van der Waals surface area contributed by atoms with Crippen LogP contribution < -0.4 is 5.32 Å². The molecule has 0 aromatic heterocycles. The Morgan fingerprint density at radius 2 is 1.83 bits per heavy atom. The molecule has 0 aromatic carbocycles. The highest BCUT2D eigenvalue weighted by molar-refractivity contribution is 5.71. The number of nitrogens with one attached hydrogen (secondary N) is 1. The molecule has 1 aliphatic heterocycles. The van der Waals surface area contributed by atoms with Crippen molar-refractivity contribution in [3.05, 3.63) is 0 Å². The van der Waals surface area contributed by atoms with E-state index in [1.54, 1.807) is 0 Å². The van der Waals surface area contributed by atoms with E-state index < -0.39 is 5.97 Å². The first-order chi connectivity index (χ1) is 11.1. The Labute approximate surface area is 140 Å². The normalized spacial score (nSPS) is 40.7. The van der Waals surface area contributed by atoms with Crippen molar-refractivity contribution in [1.82, 2.24) is 5.32 Å². The SMILES string of the molecule is CCCC1CCC(CNC2CCOC3(C2)CC(C(=O)O)C3)CC1. The molecular weight excluding hydrogens is 290 g/mol. The zero-order valence-electron chi connectivity index (χ0n) is 14.6. The van der Waals surface area contributed by atoms with E-state index in [1.807, 2.05) is 0 Å². The second-order valence-electron chi connectivity index (χ2n) is 8.25. The average Bonchev–Trinajstić information content (AvgIpc) is 2.52. The van der Waals surface area contributed by atoms with E-state index in [2.05, 4.69) is 12.2 Å². The third-order valence-corrected chi connectivity index (χ3v) is 6.44. The Morgan fingerprint density at radius 1 is 1.13 bits per heavy atom. The van der Waals surface area contributed by atoms with Gasteiger partial charge in [-0.15, -0.1) is 0 Å². The van der Waals surface area contributed by atoms with Crippen LogP contribution in [0.5, 0.6) is 0 Å². The number of ether oxygens (including phenoxy) is 1. The molecule has 0 aromatic rings. The molecule has 0 radical (unpaired) electrons. The van der Waals surface area contributed by atoms with Crippen molar-refractivity contribution < 1.29 is 14.6 Å². The van der Waals surface area contributed by atoms with Crippen LogP contribution in [0.4, 0.5) is 0 Å². The summed E-state index contributed by atoms with van der Waals surface area (Å²) in [6, 6.07) is 0.520. The van der Waals surface area contributed by atoms with Crippen LogP contribution >= 0.6 is 0 Å². The molecule has 3 aliphatic rings. The van der Waals surface area contributed by atoms with Crippen molar-refractivity contribution in [3.63, 3.8) is 0 Å². The van der Waals surface area contributed by atoms with Gasteiger partial charge in [0.15, 0.2) is 0 Å². The van der Waals surface area contributed by atoms with Gasteiger partial charge < -0.3 is 15.2 Å². The zero-order valence-corrected chi connectivity index (χ0v) is 14.6. The molecule has 2 aliphatic carbocycles. The molecular formula is C19H33NO3. The van der Waals surface area contributed by atoms with E-state index in [-0.39, 0.29) is 11.5 Å². The van der Waals surface area contributed by atoms with Gasteiger partial charge in [-0.25, -0.2) is 0 Å². The summed E-state index contributed by atoms with van der Waals surface area (Å²) in [7, 11) is 0. The quantitative estimate of drug-likeness (QED) is 0.784. The number of carboxylic acid groups (broad SMARTS) is 1. The van der Waals surface area contributed by atoms with Crippen LogP contribution in [0.15, 0.2) is 0 Å². The average molecular weight is 323 g/mol. The predicted molar refractivity (Wildman–Crippen MR) is 90.4 cm³/mol. The van der Waals surface area contributed by atoms with E-state index in [9.17, 15) is 4.79 Å². The molecule has 0 amide bonds. The topological polar surface area (TPSA) is 58.6 Å². The summed E-state index contributed by atoms with van der Waals surface area (Å²) in [4.78, 5) is 11.0.